The van der Waals surface area contributed by atoms with E-state index in [-0.39, 0.29) is 5.82 Å². The van der Waals surface area contributed by atoms with Crippen molar-refractivity contribution in [1.82, 2.24) is 0 Å². The molecule has 0 amide bonds. The SMILES string of the molecule is CCCC1CCCCN1c1ccc(F)cc1CCl. The fraction of sp³-hybridized carbons (Fsp3) is 0.600. The number of hydrogen-bond donors (Lipinski definition) is 0. The van der Waals surface area contributed by atoms with Crippen LogP contribution in [0.4, 0.5) is 10.1 Å². The first kappa shape index (κ1) is 13.7. The summed E-state index contributed by atoms with van der Waals surface area (Å²) in [7, 11) is 0. The summed E-state index contributed by atoms with van der Waals surface area (Å²) >= 11 is 5.95. The molecule has 0 saturated carbocycles. The van der Waals surface area contributed by atoms with Gasteiger partial charge in [0.1, 0.15) is 5.82 Å². The number of hydrogen-bond acceptors (Lipinski definition) is 1. The van der Waals surface area contributed by atoms with Gasteiger partial charge in [-0.3, -0.25) is 0 Å². The van der Waals surface area contributed by atoms with Gasteiger partial charge in [-0.25, -0.2) is 4.39 Å². The Morgan fingerprint density at radius 3 is 2.94 bits per heavy atom. The van der Waals surface area contributed by atoms with Crippen molar-refractivity contribution in [3.05, 3.63) is 29.6 Å². The number of piperidine rings is 1. The van der Waals surface area contributed by atoms with Gasteiger partial charge >= 0.3 is 0 Å². The smallest absolute Gasteiger partial charge is 0.123 e. The van der Waals surface area contributed by atoms with Crippen molar-refractivity contribution >= 4 is 17.3 Å². The lowest BCUT2D eigenvalue weighted by Crippen LogP contribution is -2.40. The maximum absolute atomic E-state index is 13.3. The van der Waals surface area contributed by atoms with Gasteiger partial charge in [-0.15, -0.1) is 11.6 Å². The molecule has 0 spiro atoms. The van der Waals surface area contributed by atoms with Crippen LogP contribution in [-0.4, -0.2) is 12.6 Å². The second-order valence-electron chi connectivity index (χ2n) is 5.04. The normalized spacial score (nSPS) is 20.2. The summed E-state index contributed by atoms with van der Waals surface area (Å²) in [4.78, 5) is 2.43. The third-order valence-electron chi connectivity index (χ3n) is 3.74. The summed E-state index contributed by atoms with van der Waals surface area (Å²) in [5.74, 6) is 0.182. The molecule has 0 radical (unpaired) electrons. The van der Waals surface area contributed by atoms with E-state index in [1.54, 1.807) is 12.1 Å². The van der Waals surface area contributed by atoms with Gasteiger partial charge in [-0.2, -0.15) is 0 Å². The molecule has 1 nitrogen and oxygen atoms in total. The lowest BCUT2D eigenvalue weighted by molar-refractivity contribution is 0.434. The number of halogens is 2. The Morgan fingerprint density at radius 2 is 2.22 bits per heavy atom. The molecular weight excluding hydrogens is 249 g/mol. The van der Waals surface area contributed by atoms with E-state index in [0.29, 0.717) is 11.9 Å². The van der Waals surface area contributed by atoms with E-state index < -0.39 is 0 Å². The zero-order valence-corrected chi connectivity index (χ0v) is 11.7. The Balaban J connectivity index is 2.27. The molecule has 1 aliphatic heterocycles. The molecule has 1 heterocycles. The quantitative estimate of drug-likeness (QED) is 0.715. The minimum absolute atomic E-state index is 0.196. The van der Waals surface area contributed by atoms with Crippen molar-refractivity contribution in [2.45, 2.75) is 50.9 Å². The molecule has 1 unspecified atom stereocenters. The van der Waals surface area contributed by atoms with Crippen LogP contribution in [0.25, 0.3) is 0 Å². The predicted molar refractivity (Wildman–Crippen MR) is 75.9 cm³/mol. The van der Waals surface area contributed by atoms with E-state index in [1.165, 1.54) is 32.1 Å². The van der Waals surface area contributed by atoms with Gasteiger partial charge in [0.05, 0.1) is 0 Å². The second kappa shape index (κ2) is 6.42. The highest BCUT2D eigenvalue weighted by molar-refractivity contribution is 6.17. The Morgan fingerprint density at radius 1 is 1.39 bits per heavy atom. The summed E-state index contributed by atoms with van der Waals surface area (Å²) in [5, 5.41) is 0. The number of anilines is 1. The van der Waals surface area contributed by atoms with Crippen molar-refractivity contribution in [2.75, 3.05) is 11.4 Å². The minimum Gasteiger partial charge on any atom is -0.368 e. The summed E-state index contributed by atoms with van der Waals surface area (Å²) < 4.78 is 13.3. The fourth-order valence-corrected chi connectivity index (χ4v) is 3.11. The summed E-state index contributed by atoms with van der Waals surface area (Å²) in [5.41, 5.74) is 2.05. The molecule has 0 aromatic heterocycles. The first-order chi connectivity index (χ1) is 8.76. The van der Waals surface area contributed by atoms with Crippen molar-refractivity contribution < 1.29 is 4.39 Å². The molecule has 1 fully saturated rings. The van der Waals surface area contributed by atoms with Crippen LogP contribution in [-0.2, 0) is 5.88 Å². The van der Waals surface area contributed by atoms with Crippen molar-refractivity contribution in [3.63, 3.8) is 0 Å². The third kappa shape index (κ3) is 2.97. The molecule has 100 valence electrons. The van der Waals surface area contributed by atoms with E-state index in [2.05, 4.69) is 11.8 Å². The molecule has 2 rings (SSSR count). The molecule has 1 aliphatic rings. The van der Waals surface area contributed by atoms with Gasteiger partial charge in [0.25, 0.3) is 0 Å². The van der Waals surface area contributed by atoms with Crippen molar-refractivity contribution in [2.24, 2.45) is 0 Å². The molecule has 1 saturated heterocycles. The zero-order chi connectivity index (χ0) is 13.0. The van der Waals surface area contributed by atoms with Crippen molar-refractivity contribution in [1.29, 1.82) is 0 Å². The number of alkyl halides is 1. The van der Waals surface area contributed by atoms with Crippen LogP contribution in [0.2, 0.25) is 0 Å². The molecule has 1 atom stereocenters. The van der Waals surface area contributed by atoms with E-state index in [0.717, 1.165) is 17.8 Å². The van der Waals surface area contributed by atoms with E-state index >= 15 is 0 Å². The highest BCUT2D eigenvalue weighted by Crippen LogP contribution is 2.31. The number of benzene rings is 1. The fourth-order valence-electron chi connectivity index (χ4n) is 2.89. The summed E-state index contributed by atoms with van der Waals surface area (Å²) in [6, 6.07) is 5.60. The molecule has 0 N–H and O–H groups in total. The number of rotatable bonds is 4. The zero-order valence-electron chi connectivity index (χ0n) is 11.0. The monoisotopic (exact) mass is 269 g/mol. The molecule has 18 heavy (non-hydrogen) atoms. The first-order valence-electron chi connectivity index (χ1n) is 6.87. The Hall–Kier alpha value is -0.760. The Bertz CT molecular complexity index is 392. The highest BCUT2D eigenvalue weighted by atomic mass is 35.5. The lowest BCUT2D eigenvalue weighted by atomic mass is 9.96. The largest absolute Gasteiger partial charge is 0.368 e. The van der Waals surface area contributed by atoms with E-state index in [9.17, 15) is 4.39 Å². The molecule has 3 heteroatoms. The Labute approximate surface area is 114 Å². The summed E-state index contributed by atoms with van der Waals surface area (Å²) in [6.07, 6.45) is 6.17. The van der Waals surface area contributed by atoms with Crippen LogP contribution in [0.15, 0.2) is 18.2 Å². The predicted octanol–water partition coefficient (Wildman–Crippen LogP) is 4.72. The van der Waals surface area contributed by atoms with Crippen LogP contribution in [0, 0.1) is 5.82 Å². The minimum atomic E-state index is -0.196. The number of nitrogens with zero attached hydrogens (tertiary/aromatic N) is 1. The molecule has 0 bridgehead atoms. The van der Waals surface area contributed by atoms with Gasteiger partial charge in [0.15, 0.2) is 0 Å². The highest BCUT2D eigenvalue weighted by Gasteiger charge is 2.23. The van der Waals surface area contributed by atoms with Gasteiger partial charge in [0.2, 0.25) is 0 Å². The van der Waals surface area contributed by atoms with Gasteiger partial charge in [-0.1, -0.05) is 13.3 Å². The molecule has 0 aliphatic carbocycles. The van der Waals surface area contributed by atoms with Crippen LogP contribution < -0.4 is 4.90 Å². The maximum atomic E-state index is 13.3. The second-order valence-corrected chi connectivity index (χ2v) is 5.31. The molecule has 1 aromatic carbocycles. The topological polar surface area (TPSA) is 3.24 Å². The summed E-state index contributed by atoms with van der Waals surface area (Å²) in [6.45, 7) is 3.29. The van der Waals surface area contributed by atoms with Crippen LogP contribution >= 0.6 is 11.6 Å². The standard InChI is InChI=1S/C15H21ClFN/c1-2-5-14-6-3-4-9-18(14)15-8-7-13(17)10-12(15)11-16/h7-8,10,14H,2-6,9,11H2,1H3. The average molecular weight is 270 g/mol. The van der Waals surface area contributed by atoms with Crippen LogP contribution in [0.3, 0.4) is 0 Å². The van der Waals surface area contributed by atoms with E-state index in [1.807, 2.05) is 6.07 Å². The van der Waals surface area contributed by atoms with Crippen LogP contribution in [0.1, 0.15) is 44.6 Å². The Kier molecular flexibility index (Phi) is 4.87. The average Bonchev–Trinajstić information content (AvgIpc) is 2.40. The first-order valence-corrected chi connectivity index (χ1v) is 7.40. The molecular formula is C15H21ClFN. The third-order valence-corrected chi connectivity index (χ3v) is 4.03. The maximum Gasteiger partial charge on any atom is 0.123 e. The van der Waals surface area contributed by atoms with Crippen LogP contribution in [0.5, 0.6) is 0 Å². The van der Waals surface area contributed by atoms with Gasteiger partial charge in [0, 0.05) is 24.2 Å². The van der Waals surface area contributed by atoms with Crippen molar-refractivity contribution in [3.8, 4) is 0 Å². The van der Waals surface area contributed by atoms with E-state index in [4.69, 9.17) is 11.6 Å². The van der Waals surface area contributed by atoms with Gasteiger partial charge in [-0.05, 0) is 49.4 Å². The van der Waals surface area contributed by atoms with Gasteiger partial charge < -0.3 is 4.90 Å². The lowest BCUT2D eigenvalue weighted by Gasteiger charge is -2.38. The molecule has 1 aromatic rings.